The fourth-order valence-corrected chi connectivity index (χ4v) is 1.58. The van der Waals surface area contributed by atoms with Gasteiger partial charge in [-0.3, -0.25) is 9.59 Å². The number of carbonyl (C=O) groups is 3. The van der Waals surface area contributed by atoms with Crippen LogP contribution >= 0.6 is 12.6 Å². The summed E-state index contributed by atoms with van der Waals surface area (Å²) in [5.74, 6) is -2.43. The number of nitrogens with zero attached hydrogens (tertiary/aromatic N) is 1. The summed E-state index contributed by atoms with van der Waals surface area (Å²) in [6.07, 6.45) is 0. The Bertz CT molecular complexity index is 377. The molecule has 0 fully saturated rings. The third-order valence-corrected chi connectivity index (χ3v) is 3.05. The molecule has 20 heavy (non-hydrogen) atoms. The molecule has 0 spiro atoms. The normalized spacial score (nSPS) is 14.3. The molecule has 2 atom stereocenters. The molecule has 0 aliphatic rings. The van der Waals surface area contributed by atoms with Gasteiger partial charge in [-0.1, -0.05) is 6.92 Å². The number of hydrogen-bond acceptors (Lipinski definition) is 5. The molecular weight excluding hydrogens is 282 g/mol. The van der Waals surface area contributed by atoms with E-state index in [4.69, 9.17) is 9.84 Å². The second-order valence-electron chi connectivity index (χ2n) is 5.65. The molecule has 6 nitrogen and oxygen atoms in total. The van der Waals surface area contributed by atoms with Crippen LogP contribution in [0.1, 0.15) is 34.6 Å². The van der Waals surface area contributed by atoms with E-state index in [0.717, 1.165) is 4.90 Å². The molecule has 0 bridgehead atoms. The molecule has 1 N–H and O–H groups in total. The second-order valence-corrected chi connectivity index (χ2v) is 6.02. The van der Waals surface area contributed by atoms with Crippen LogP contribution in [0.4, 0.5) is 0 Å². The van der Waals surface area contributed by atoms with Crippen LogP contribution in [0.15, 0.2) is 0 Å². The highest BCUT2D eigenvalue weighted by atomic mass is 32.1. The Kier molecular flexibility index (Phi) is 7.05. The standard InChI is InChI=1S/C13H23NO5S/c1-8(7-20)11(17)14(6-10(15)16)9(2)12(18)19-13(3,4)5/h8-9,20H,6-7H2,1-5H3,(H,15,16)/t8-,9+/m1/s1. The first-order valence-electron chi connectivity index (χ1n) is 6.35. The molecule has 0 aromatic heterocycles. The number of esters is 1. The maximum absolute atomic E-state index is 12.1. The first-order chi connectivity index (χ1) is 8.99. The second kappa shape index (κ2) is 7.52. The summed E-state index contributed by atoms with van der Waals surface area (Å²) in [5.41, 5.74) is -0.696. The monoisotopic (exact) mass is 305 g/mol. The predicted molar refractivity (Wildman–Crippen MR) is 77.7 cm³/mol. The Morgan fingerprint density at radius 1 is 1.25 bits per heavy atom. The van der Waals surface area contributed by atoms with Gasteiger partial charge in [-0.25, -0.2) is 4.79 Å². The minimum atomic E-state index is -1.18. The maximum atomic E-state index is 12.1. The van der Waals surface area contributed by atoms with Gasteiger partial charge in [-0.15, -0.1) is 0 Å². The fourth-order valence-electron chi connectivity index (χ4n) is 1.43. The smallest absolute Gasteiger partial charge is 0.329 e. The lowest BCUT2D eigenvalue weighted by atomic mass is 10.1. The van der Waals surface area contributed by atoms with Crippen molar-refractivity contribution in [3.63, 3.8) is 0 Å². The summed E-state index contributed by atoms with van der Waals surface area (Å²) in [6, 6.07) is -0.958. The van der Waals surface area contributed by atoms with Crippen LogP contribution in [-0.4, -0.2) is 51.8 Å². The molecule has 0 heterocycles. The van der Waals surface area contributed by atoms with Gasteiger partial charge >= 0.3 is 11.9 Å². The molecule has 0 aromatic rings. The third-order valence-electron chi connectivity index (χ3n) is 2.50. The highest BCUT2D eigenvalue weighted by molar-refractivity contribution is 7.80. The molecule has 116 valence electrons. The van der Waals surface area contributed by atoms with Crippen LogP contribution < -0.4 is 0 Å². The first-order valence-corrected chi connectivity index (χ1v) is 6.98. The number of rotatable bonds is 6. The van der Waals surface area contributed by atoms with Gasteiger partial charge in [0.05, 0.1) is 0 Å². The van der Waals surface area contributed by atoms with Crippen molar-refractivity contribution in [1.82, 2.24) is 4.90 Å². The summed E-state index contributed by atoms with van der Waals surface area (Å²) in [7, 11) is 0. The molecule has 0 saturated heterocycles. The summed E-state index contributed by atoms with van der Waals surface area (Å²) in [6.45, 7) is 7.66. The largest absolute Gasteiger partial charge is 0.480 e. The number of amides is 1. The molecule has 0 unspecified atom stereocenters. The van der Waals surface area contributed by atoms with Crippen LogP contribution in [0, 0.1) is 5.92 Å². The van der Waals surface area contributed by atoms with Crippen molar-refractivity contribution in [2.45, 2.75) is 46.3 Å². The van der Waals surface area contributed by atoms with Crippen molar-refractivity contribution in [3.05, 3.63) is 0 Å². The summed E-state index contributed by atoms with van der Waals surface area (Å²) in [5, 5.41) is 8.89. The van der Waals surface area contributed by atoms with Crippen LogP contribution in [-0.2, 0) is 19.1 Å². The molecule has 0 aliphatic heterocycles. The van der Waals surface area contributed by atoms with Crippen molar-refractivity contribution in [2.75, 3.05) is 12.3 Å². The number of thiol groups is 1. The maximum Gasteiger partial charge on any atom is 0.329 e. The lowest BCUT2D eigenvalue weighted by molar-refractivity contribution is -0.166. The fraction of sp³-hybridized carbons (Fsp3) is 0.769. The number of hydrogen-bond donors (Lipinski definition) is 2. The van der Waals surface area contributed by atoms with E-state index < -0.39 is 42.0 Å². The van der Waals surface area contributed by atoms with Gasteiger partial charge in [0.2, 0.25) is 5.91 Å². The topological polar surface area (TPSA) is 83.9 Å². The zero-order valence-electron chi connectivity index (χ0n) is 12.5. The van der Waals surface area contributed by atoms with E-state index >= 15 is 0 Å². The molecule has 0 saturated carbocycles. The molecule has 0 radical (unpaired) electrons. The van der Waals surface area contributed by atoms with E-state index in [0.29, 0.717) is 0 Å². The Morgan fingerprint density at radius 2 is 1.75 bits per heavy atom. The van der Waals surface area contributed by atoms with E-state index in [9.17, 15) is 14.4 Å². The summed E-state index contributed by atoms with van der Waals surface area (Å²) >= 11 is 4.02. The van der Waals surface area contributed by atoms with Crippen LogP contribution in [0.5, 0.6) is 0 Å². The number of carboxylic acids is 1. The Morgan fingerprint density at radius 3 is 2.10 bits per heavy atom. The van der Waals surface area contributed by atoms with Crippen LogP contribution in [0.25, 0.3) is 0 Å². The van der Waals surface area contributed by atoms with Crippen molar-refractivity contribution in [2.24, 2.45) is 5.92 Å². The summed E-state index contributed by atoms with van der Waals surface area (Å²) < 4.78 is 5.18. The average Bonchev–Trinajstić information content (AvgIpc) is 2.30. The molecular formula is C13H23NO5S. The van der Waals surface area contributed by atoms with Crippen molar-refractivity contribution < 1.29 is 24.2 Å². The van der Waals surface area contributed by atoms with Gasteiger partial charge in [0, 0.05) is 11.7 Å². The lowest BCUT2D eigenvalue weighted by Gasteiger charge is -2.30. The number of ether oxygens (including phenoxy) is 1. The molecule has 0 rings (SSSR count). The minimum absolute atomic E-state index is 0.274. The van der Waals surface area contributed by atoms with Crippen molar-refractivity contribution in [3.8, 4) is 0 Å². The van der Waals surface area contributed by atoms with Gasteiger partial charge in [-0.2, -0.15) is 12.6 Å². The van der Waals surface area contributed by atoms with Crippen molar-refractivity contribution in [1.29, 1.82) is 0 Å². The highest BCUT2D eigenvalue weighted by Gasteiger charge is 2.32. The molecule has 0 aliphatic carbocycles. The van der Waals surface area contributed by atoms with E-state index in [1.807, 2.05) is 0 Å². The molecule has 7 heteroatoms. The quantitative estimate of drug-likeness (QED) is 0.569. The van der Waals surface area contributed by atoms with Gasteiger partial charge < -0.3 is 14.7 Å². The van der Waals surface area contributed by atoms with E-state index in [1.165, 1.54) is 6.92 Å². The molecule has 1 amide bonds. The molecule has 0 aromatic carbocycles. The number of carbonyl (C=O) groups excluding carboxylic acids is 2. The Balaban J connectivity index is 5.07. The van der Waals surface area contributed by atoms with Gasteiger partial charge in [-0.05, 0) is 27.7 Å². The number of aliphatic carboxylic acids is 1. The number of carboxylic acid groups (broad SMARTS) is 1. The van der Waals surface area contributed by atoms with Crippen LogP contribution in [0.3, 0.4) is 0 Å². The first kappa shape index (κ1) is 18.8. The van der Waals surface area contributed by atoms with E-state index in [-0.39, 0.29) is 5.75 Å². The Labute approximate surface area is 124 Å². The third kappa shape index (κ3) is 6.27. The average molecular weight is 305 g/mol. The zero-order valence-corrected chi connectivity index (χ0v) is 13.4. The zero-order chi connectivity index (χ0) is 16.1. The van der Waals surface area contributed by atoms with Crippen LogP contribution in [0.2, 0.25) is 0 Å². The highest BCUT2D eigenvalue weighted by Crippen LogP contribution is 2.14. The van der Waals surface area contributed by atoms with Gasteiger partial charge in [0.1, 0.15) is 18.2 Å². The predicted octanol–water partition coefficient (Wildman–Crippen LogP) is 1.20. The summed E-state index contributed by atoms with van der Waals surface area (Å²) in [4.78, 5) is 36.0. The van der Waals surface area contributed by atoms with Crippen molar-refractivity contribution >= 4 is 30.5 Å². The van der Waals surface area contributed by atoms with Gasteiger partial charge in [0.25, 0.3) is 0 Å². The minimum Gasteiger partial charge on any atom is -0.480 e. The SMILES string of the molecule is C[C@H](CS)C(=O)N(CC(=O)O)[C@@H](C)C(=O)OC(C)(C)C. The van der Waals surface area contributed by atoms with Gasteiger partial charge in [0.15, 0.2) is 0 Å². The van der Waals surface area contributed by atoms with E-state index in [2.05, 4.69) is 12.6 Å². The Hall–Kier alpha value is -1.24. The van der Waals surface area contributed by atoms with E-state index in [1.54, 1.807) is 27.7 Å². The lowest BCUT2D eigenvalue weighted by Crippen LogP contribution is -2.49.